The van der Waals surface area contributed by atoms with Crippen LogP contribution in [0.1, 0.15) is 49.0 Å². The summed E-state index contributed by atoms with van der Waals surface area (Å²) < 4.78 is 9.87. The molecular formula is C17H22N6O3. The number of aromatic nitrogens is 6. The van der Waals surface area contributed by atoms with Crippen LogP contribution in [0.5, 0.6) is 0 Å². The van der Waals surface area contributed by atoms with Crippen LogP contribution in [0, 0.1) is 0 Å². The van der Waals surface area contributed by atoms with Gasteiger partial charge in [0.05, 0.1) is 30.9 Å². The molecule has 0 unspecified atom stereocenters. The number of methoxy groups -OCH3 is 1. The van der Waals surface area contributed by atoms with Crippen LogP contribution in [0.15, 0.2) is 23.4 Å². The lowest BCUT2D eigenvalue weighted by Gasteiger charge is -2.14. The van der Waals surface area contributed by atoms with Crippen molar-refractivity contribution < 1.29 is 9.53 Å². The van der Waals surface area contributed by atoms with E-state index >= 15 is 0 Å². The summed E-state index contributed by atoms with van der Waals surface area (Å²) in [6.45, 7) is 4.34. The van der Waals surface area contributed by atoms with Gasteiger partial charge in [0, 0.05) is 13.1 Å². The lowest BCUT2D eigenvalue weighted by Crippen LogP contribution is -2.28. The number of hydrogen-bond acceptors (Lipinski definition) is 6. The molecule has 0 fully saturated rings. The van der Waals surface area contributed by atoms with E-state index in [0.717, 1.165) is 12.8 Å². The van der Waals surface area contributed by atoms with E-state index in [1.807, 2.05) is 20.9 Å². The second-order valence-corrected chi connectivity index (χ2v) is 6.12. The molecule has 3 aromatic rings. The first kappa shape index (κ1) is 17.8. The zero-order valence-electron chi connectivity index (χ0n) is 15.3. The standard InChI is InChI=1S/C17H22N6O3/c1-5-11(6-2)23-14-8-18-12(16(24)26-4)7-13(14)22(17(23)25)9-15-20-19-10-21(15)3/h7-8,10-11H,5-6,9H2,1-4H3. The van der Waals surface area contributed by atoms with Crippen molar-refractivity contribution in [2.45, 2.75) is 39.3 Å². The minimum atomic E-state index is -0.542. The first-order valence-electron chi connectivity index (χ1n) is 8.53. The lowest BCUT2D eigenvalue weighted by molar-refractivity contribution is 0.0594. The molecule has 0 saturated heterocycles. The lowest BCUT2D eigenvalue weighted by atomic mass is 10.1. The molecule has 0 N–H and O–H groups in total. The number of esters is 1. The summed E-state index contributed by atoms with van der Waals surface area (Å²) in [5, 5.41) is 7.93. The second kappa shape index (κ2) is 7.11. The number of fused-ring (bicyclic) bond motifs is 1. The van der Waals surface area contributed by atoms with Crippen LogP contribution in [0.3, 0.4) is 0 Å². The molecule has 138 valence electrons. The number of nitrogens with zero attached hydrogens (tertiary/aromatic N) is 6. The van der Waals surface area contributed by atoms with Crippen LogP contribution in [0.4, 0.5) is 0 Å². The summed E-state index contributed by atoms with van der Waals surface area (Å²) in [4.78, 5) is 29.2. The molecule has 9 heteroatoms. The smallest absolute Gasteiger partial charge is 0.356 e. The predicted octanol–water partition coefficient (Wildman–Crippen LogP) is 1.52. The molecule has 0 aliphatic heterocycles. The fourth-order valence-corrected chi connectivity index (χ4v) is 3.14. The summed E-state index contributed by atoms with van der Waals surface area (Å²) >= 11 is 0. The summed E-state index contributed by atoms with van der Waals surface area (Å²) in [7, 11) is 3.12. The van der Waals surface area contributed by atoms with Crippen LogP contribution < -0.4 is 5.69 Å². The Morgan fingerprint density at radius 1 is 1.27 bits per heavy atom. The zero-order valence-corrected chi connectivity index (χ0v) is 15.3. The minimum absolute atomic E-state index is 0.0523. The molecule has 26 heavy (non-hydrogen) atoms. The predicted molar refractivity (Wildman–Crippen MR) is 95.1 cm³/mol. The van der Waals surface area contributed by atoms with Crippen LogP contribution in [-0.4, -0.2) is 42.0 Å². The maximum absolute atomic E-state index is 13.2. The molecule has 0 saturated carbocycles. The van der Waals surface area contributed by atoms with Gasteiger partial charge in [0.1, 0.15) is 6.33 Å². The van der Waals surface area contributed by atoms with Gasteiger partial charge in [-0.3, -0.25) is 9.13 Å². The molecule has 3 rings (SSSR count). The van der Waals surface area contributed by atoms with Crippen molar-refractivity contribution in [1.82, 2.24) is 28.9 Å². The summed E-state index contributed by atoms with van der Waals surface area (Å²) in [6.07, 6.45) is 4.78. The Kier molecular flexibility index (Phi) is 4.88. The van der Waals surface area contributed by atoms with Gasteiger partial charge in [-0.1, -0.05) is 13.8 Å². The molecule has 0 aliphatic carbocycles. The van der Waals surface area contributed by atoms with Crippen LogP contribution in [0.2, 0.25) is 0 Å². The third kappa shape index (κ3) is 2.89. The molecule has 9 nitrogen and oxygen atoms in total. The van der Waals surface area contributed by atoms with Gasteiger partial charge in [-0.25, -0.2) is 14.6 Å². The Morgan fingerprint density at radius 2 is 2.00 bits per heavy atom. The van der Waals surface area contributed by atoms with E-state index < -0.39 is 5.97 Å². The van der Waals surface area contributed by atoms with E-state index in [1.54, 1.807) is 32.3 Å². The van der Waals surface area contributed by atoms with E-state index in [9.17, 15) is 9.59 Å². The van der Waals surface area contributed by atoms with E-state index in [-0.39, 0.29) is 24.0 Å². The van der Waals surface area contributed by atoms with E-state index in [1.165, 1.54) is 7.11 Å². The number of carbonyl (C=O) groups is 1. The van der Waals surface area contributed by atoms with Crippen molar-refractivity contribution >= 4 is 17.0 Å². The molecule has 0 aromatic carbocycles. The van der Waals surface area contributed by atoms with Crippen LogP contribution in [0.25, 0.3) is 11.0 Å². The van der Waals surface area contributed by atoms with E-state index in [4.69, 9.17) is 4.74 Å². The topological polar surface area (TPSA) is 96.8 Å². The quantitative estimate of drug-likeness (QED) is 0.620. The SMILES string of the molecule is CCC(CC)n1c(=O)n(Cc2nncn2C)c2cc(C(=O)OC)ncc21. The van der Waals surface area contributed by atoms with E-state index in [2.05, 4.69) is 15.2 Å². The molecule has 0 spiro atoms. The van der Waals surface area contributed by atoms with Crippen LogP contribution in [-0.2, 0) is 18.3 Å². The highest BCUT2D eigenvalue weighted by Crippen LogP contribution is 2.22. The Morgan fingerprint density at radius 3 is 2.58 bits per heavy atom. The fourth-order valence-electron chi connectivity index (χ4n) is 3.14. The average Bonchev–Trinajstić information content (AvgIpc) is 3.18. The van der Waals surface area contributed by atoms with Gasteiger partial charge in [-0.15, -0.1) is 10.2 Å². The van der Waals surface area contributed by atoms with Gasteiger partial charge >= 0.3 is 11.7 Å². The van der Waals surface area contributed by atoms with Gasteiger partial charge in [-0.05, 0) is 18.9 Å². The summed E-state index contributed by atoms with van der Waals surface area (Å²) in [5.74, 6) is 0.104. The number of aryl methyl sites for hydroxylation is 1. The number of hydrogen-bond donors (Lipinski definition) is 0. The third-order valence-corrected chi connectivity index (χ3v) is 4.66. The number of carbonyl (C=O) groups excluding carboxylic acids is 1. The maximum Gasteiger partial charge on any atom is 0.356 e. The molecule has 0 radical (unpaired) electrons. The number of imidazole rings is 1. The van der Waals surface area contributed by atoms with Crippen molar-refractivity contribution in [3.05, 3.63) is 40.6 Å². The van der Waals surface area contributed by atoms with Gasteiger partial charge < -0.3 is 9.30 Å². The van der Waals surface area contributed by atoms with Gasteiger partial charge in [0.2, 0.25) is 0 Å². The van der Waals surface area contributed by atoms with Crippen molar-refractivity contribution in [2.75, 3.05) is 7.11 Å². The summed E-state index contributed by atoms with van der Waals surface area (Å²) in [5.41, 5.74) is 1.33. The highest BCUT2D eigenvalue weighted by atomic mass is 16.5. The average molecular weight is 358 g/mol. The molecule has 3 heterocycles. The van der Waals surface area contributed by atoms with Gasteiger partial charge in [0.15, 0.2) is 11.5 Å². The van der Waals surface area contributed by atoms with Crippen LogP contribution >= 0.6 is 0 Å². The molecular weight excluding hydrogens is 336 g/mol. The highest BCUT2D eigenvalue weighted by molar-refractivity contribution is 5.91. The Hall–Kier alpha value is -2.97. The van der Waals surface area contributed by atoms with E-state index in [0.29, 0.717) is 16.9 Å². The zero-order chi connectivity index (χ0) is 18.8. The molecule has 0 atom stereocenters. The number of ether oxygens (including phenoxy) is 1. The van der Waals surface area contributed by atoms with Crippen molar-refractivity contribution in [3.63, 3.8) is 0 Å². The van der Waals surface area contributed by atoms with Crippen molar-refractivity contribution in [1.29, 1.82) is 0 Å². The molecule has 0 amide bonds. The minimum Gasteiger partial charge on any atom is -0.464 e. The first-order chi connectivity index (χ1) is 12.5. The largest absolute Gasteiger partial charge is 0.464 e. The maximum atomic E-state index is 13.2. The molecule has 0 bridgehead atoms. The third-order valence-electron chi connectivity index (χ3n) is 4.66. The van der Waals surface area contributed by atoms with Gasteiger partial charge in [-0.2, -0.15) is 0 Å². The normalized spacial score (nSPS) is 11.4. The first-order valence-corrected chi connectivity index (χ1v) is 8.53. The Bertz CT molecular complexity index is 996. The molecule has 0 aliphatic rings. The Labute approximate surface area is 150 Å². The summed E-state index contributed by atoms with van der Waals surface area (Å²) in [6, 6.07) is 1.65. The highest BCUT2D eigenvalue weighted by Gasteiger charge is 2.21. The van der Waals surface area contributed by atoms with Gasteiger partial charge in [0.25, 0.3) is 0 Å². The Balaban J connectivity index is 2.25. The monoisotopic (exact) mass is 358 g/mol. The number of pyridine rings is 1. The van der Waals surface area contributed by atoms with Crippen molar-refractivity contribution in [3.8, 4) is 0 Å². The van der Waals surface area contributed by atoms with Crippen molar-refractivity contribution in [2.24, 2.45) is 7.05 Å². The fraction of sp³-hybridized carbons (Fsp3) is 0.471. The second-order valence-electron chi connectivity index (χ2n) is 6.12. The number of rotatable bonds is 6. The molecule has 3 aromatic heterocycles.